The van der Waals surface area contributed by atoms with E-state index in [2.05, 4.69) is 15.1 Å². The molecule has 0 aliphatic carbocycles. The maximum atomic E-state index is 12.5. The summed E-state index contributed by atoms with van der Waals surface area (Å²) < 4.78 is 43.1. The third-order valence-electron chi connectivity index (χ3n) is 5.63. The van der Waals surface area contributed by atoms with Crippen molar-refractivity contribution in [1.82, 2.24) is 20.0 Å². The summed E-state index contributed by atoms with van der Waals surface area (Å²) in [5, 5.41) is 3.36. The molecule has 2 atom stereocenters. The van der Waals surface area contributed by atoms with E-state index >= 15 is 0 Å². The highest BCUT2D eigenvalue weighted by Crippen LogP contribution is 2.23. The van der Waals surface area contributed by atoms with Crippen LogP contribution in [-0.4, -0.2) is 105 Å². The van der Waals surface area contributed by atoms with Crippen LogP contribution in [0.1, 0.15) is 19.8 Å². The van der Waals surface area contributed by atoms with Gasteiger partial charge in [0.2, 0.25) is 0 Å². The summed E-state index contributed by atoms with van der Waals surface area (Å²) in [6, 6.07) is 0.534. The first-order valence-corrected chi connectivity index (χ1v) is 10.1. The molecule has 3 aliphatic rings. The minimum atomic E-state index is -4.11. The fourth-order valence-electron chi connectivity index (χ4n) is 4.28. The molecule has 0 radical (unpaired) electrons. The zero-order valence-corrected chi connectivity index (χ0v) is 16.2. The Morgan fingerprint density at radius 3 is 2.59 bits per heavy atom. The van der Waals surface area contributed by atoms with Crippen LogP contribution in [0.25, 0.3) is 0 Å². The molecule has 27 heavy (non-hydrogen) atoms. The first-order chi connectivity index (χ1) is 12.9. The molecule has 3 saturated heterocycles. The van der Waals surface area contributed by atoms with Crippen LogP contribution in [0.3, 0.4) is 0 Å². The third kappa shape index (κ3) is 6.22. The van der Waals surface area contributed by atoms with Crippen LogP contribution >= 0.6 is 0 Å². The minimum absolute atomic E-state index is 0.207. The molecule has 0 amide bonds. The summed E-state index contributed by atoms with van der Waals surface area (Å²) in [6.07, 6.45) is -2.21. The highest BCUT2D eigenvalue weighted by atomic mass is 19.4. The molecule has 1 N–H and O–H groups in total. The lowest BCUT2D eigenvalue weighted by atomic mass is 10.1. The van der Waals surface area contributed by atoms with Crippen molar-refractivity contribution in [2.45, 2.75) is 32.0 Å². The van der Waals surface area contributed by atoms with E-state index in [9.17, 15) is 13.2 Å². The standard InChI is InChI=1S/C18H32F3N5O/c1-2-22-17(23-11-15-3-5-24(12-15)14-18(19,20)21)26-6-4-16(13-26)25-7-9-27-10-8-25/h15-16H,2-14H2,1H3,(H,22,23). The van der Waals surface area contributed by atoms with Crippen LogP contribution in [0, 0.1) is 5.92 Å². The SMILES string of the molecule is CCNC(=NCC1CCN(CC(F)(F)F)C1)N1CCC(N2CCOCC2)C1. The second kappa shape index (κ2) is 9.43. The number of halogens is 3. The lowest BCUT2D eigenvalue weighted by molar-refractivity contribution is -0.143. The Balaban J connectivity index is 1.50. The summed E-state index contributed by atoms with van der Waals surface area (Å²) in [4.78, 5) is 11.1. The van der Waals surface area contributed by atoms with Gasteiger partial charge in [-0.3, -0.25) is 14.8 Å². The molecule has 0 spiro atoms. The monoisotopic (exact) mass is 391 g/mol. The molecule has 9 heteroatoms. The highest BCUT2D eigenvalue weighted by Gasteiger charge is 2.34. The second-order valence-corrected chi connectivity index (χ2v) is 7.74. The third-order valence-corrected chi connectivity index (χ3v) is 5.63. The number of aliphatic imine (C=N–C) groups is 1. The van der Waals surface area contributed by atoms with E-state index in [1.54, 1.807) is 0 Å². The molecule has 2 unspecified atom stereocenters. The van der Waals surface area contributed by atoms with Crippen molar-refractivity contribution in [3.8, 4) is 0 Å². The number of alkyl halides is 3. The van der Waals surface area contributed by atoms with E-state index in [1.807, 2.05) is 6.92 Å². The summed E-state index contributed by atoms with van der Waals surface area (Å²) in [5.74, 6) is 1.11. The van der Waals surface area contributed by atoms with Gasteiger partial charge in [-0.05, 0) is 32.2 Å². The molecule has 0 bridgehead atoms. The van der Waals surface area contributed by atoms with Crippen molar-refractivity contribution in [3.05, 3.63) is 0 Å². The van der Waals surface area contributed by atoms with Gasteiger partial charge in [0.1, 0.15) is 0 Å². The van der Waals surface area contributed by atoms with Gasteiger partial charge >= 0.3 is 6.18 Å². The molecular formula is C18H32F3N5O. The Kier molecular flexibility index (Phi) is 7.22. The molecule has 6 nitrogen and oxygen atoms in total. The van der Waals surface area contributed by atoms with Crippen molar-refractivity contribution in [2.24, 2.45) is 10.9 Å². The molecule has 0 aromatic carbocycles. The van der Waals surface area contributed by atoms with Crippen LogP contribution in [0.2, 0.25) is 0 Å². The zero-order chi connectivity index (χ0) is 19.3. The Bertz CT molecular complexity index is 496. The van der Waals surface area contributed by atoms with Crippen molar-refractivity contribution in [2.75, 3.05) is 72.1 Å². The van der Waals surface area contributed by atoms with Crippen LogP contribution in [0.5, 0.6) is 0 Å². The van der Waals surface area contributed by atoms with Gasteiger partial charge in [0.15, 0.2) is 5.96 Å². The van der Waals surface area contributed by atoms with Gasteiger partial charge in [0.25, 0.3) is 0 Å². The topological polar surface area (TPSA) is 43.3 Å². The molecule has 0 saturated carbocycles. The van der Waals surface area contributed by atoms with E-state index in [1.165, 1.54) is 4.90 Å². The molecule has 0 aromatic rings. The van der Waals surface area contributed by atoms with Gasteiger partial charge in [0, 0.05) is 51.9 Å². The van der Waals surface area contributed by atoms with Gasteiger partial charge in [-0.15, -0.1) is 0 Å². The van der Waals surface area contributed by atoms with Crippen molar-refractivity contribution in [3.63, 3.8) is 0 Å². The van der Waals surface area contributed by atoms with Crippen LogP contribution in [-0.2, 0) is 4.74 Å². The second-order valence-electron chi connectivity index (χ2n) is 7.74. The van der Waals surface area contributed by atoms with Gasteiger partial charge in [-0.2, -0.15) is 13.2 Å². The number of ether oxygens (including phenoxy) is 1. The van der Waals surface area contributed by atoms with Crippen molar-refractivity contribution in [1.29, 1.82) is 0 Å². The summed E-state index contributed by atoms with van der Waals surface area (Å²) in [5.41, 5.74) is 0. The van der Waals surface area contributed by atoms with E-state index in [0.29, 0.717) is 25.7 Å². The van der Waals surface area contributed by atoms with Gasteiger partial charge in [-0.1, -0.05) is 0 Å². The highest BCUT2D eigenvalue weighted by molar-refractivity contribution is 5.80. The van der Waals surface area contributed by atoms with Gasteiger partial charge in [-0.25, -0.2) is 0 Å². The first-order valence-electron chi connectivity index (χ1n) is 10.1. The average Bonchev–Trinajstić information content (AvgIpc) is 3.28. The van der Waals surface area contributed by atoms with Crippen LogP contribution < -0.4 is 5.32 Å². The number of hydrogen-bond donors (Lipinski definition) is 1. The molecule has 3 aliphatic heterocycles. The van der Waals surface area contributed by atoms with Crippen LogP contribution in [0.4, 0.5) is 13.2 Å². The summed E-state index contributed by atoms with van der Waals surface area (Å²) in [6.45, 7) is 9.14. The molecule has 3 heterocycles. The molecule has 3 rings (SSSR count). The quantitative estimate of drug-likeness (QED) is 0.564. The fraction of sp³-hybridized carbons (Fsp3) is 0.944. The largest absolute Gasteiger partial charge is 0.401 e. The van der Waals surface area contributed by atoms with Crippen LogP contribution in [0.15, 0.2) is 4.99 Å². The summed E-state index contributed by atoms with van der Waals surface area (Å²) in [7, 11) is 0. The molecule has 156 valence electrons. The van der Waals surface area contributed by atoms with E-state index in [4.69, 9.17) is 9.73 Å². The van der Waals surface area contributed by atoms with Gasteiger partial charge < -0.3 is 15.0 Å². The predicted molar refractivity (Wildman–Crippen MR) is 99.0 cm³/mol. The molecule has 0 aromatic heterocycles. The fourth-order valence-corrected chi connectivity index (χ4v) is 4.28. The lowest BCUT2D eigenvalue weighted by Crippen LogP contribution is -2.46. The lowest BCUT2D eigenvalue weighted by Gasteiger charge is -2.32. The van der Waals surface area contributed by atoms with Crippen molar-refractivity contribution < 1.29 is 17.9 Å². The minimum Gasteiger partial charge on any atom is -0.379 e. The maximum absolute atomic E-state index is 12.5. The number of nitrogens with one attached hydrogen (secondary N) is 1. The number of hydrogen-bond acceptors (Lipinski definition) is 4. The number of guanidine groups is 1. The number of nitrogens with zero attached hydrogens (tertiary/aromatic N) is 4. The van der Waals surface area contributed by atoms with E-state index < -0.39 is 12.7 Å². The molecular weight excluding hydrogens is 359 g/mol. The number of likely N-dealkylation sites (tertiary alicyclic amines) is 2. The number of rotatable bonds is 5. The smallest absolute Gasteiger partial charge is 0.379 e. The summed E-state index contributed by atoms with van der Waals surface area (Å²) >= 11 is 0. The predicted octanol–water partition coefficient (Wildman–Crippen LogP) is 1.24. The molecule has 3 fully saturated rings. The Labute approximate surface area is 159 Å². The zero-order valence-electron chi connectivity index (χ0n) is 16.2. The Morgan fingerprint density at radius 1 is 1.11 bits per heavy atom. The average molecular weight is 391 g/mol. The first kappa shape index (κ1) is 20.7. The Morgan fingerprint density at radius 2 is 1.89 bits per heavy atom. The maximum Gasteiger partial charge on any atom is 0.401 e. The normalized spacial score (nSPS) is 28.9. The number of morpholine rings is 1. The van der Waals surface area contributed by atoms with E-state index in [-0.39, 0.29) is 5.92 Å². The van der Waals surface area contributed by atoms with Gasteiger partial charge in [0.05, 0.1) is 19.8 Å². The van der Waals surface area contributed by atoms with Crippen molar-refractivity contribution >= 4 is 5.96 Å². The van der Waals surface area contributed by atoms with E-state index in [0.717, 1.165) is 64.7 Å². The Hall–Kier alpha value is -1.06.